The first-order chi connectivity index (χ1) is 8.90. The van der Waals surface area contributed by atoms with Crippen LogP contribution in [0.2, 0.25) is 0 Å². The van der Waals surface area contributed by atoms with Gasteiger partial charge in [0.25, 0.3) is 5.69 Å². The van der Waals surface area contributed by atoms with Gasteiger partial charge in [0.15, 0.2) is 0 Å². The maximum atomic E-state index is 11.1. The fourth-order valence-corrected chi connectivity index (χ4v) is 2.48. The van der Waals surface area contributed by atoms with Crippen LogP contribution in [-0.2, 0) is 0 Å². The van der Waals surface area contributed by atoms with E-state index in [4.69, 9.17) is 5.11 Å². The minimum atomic E-state index is -1.14. The maximum absolute atomic E-state index is 11.1. The van der Waals surface area contributed by atoms with E-state index in [-0.39, 0.29) is 11.3 Å². The highest BCUT2D eigenvalue weighted by Crippen LogP contribution is 2.33. The Labute approximate surface area is 110 Å². The van der Waals surface area contributed by atoms with Crippen LogP contribution in [0.15, 0.2) is 12.1 Å². The van der Waals surface area contributed by atoms with E-state index in [0.29, 0.717) is 17.2 Å². The second-order valence-corrected chi connectivity index (χ2v) is 5.04. The molecule has 1 aromatic carbocycles. The average molecular weight is 264 g/mol. The van der Waals surface area contributed by atoms with Crippen LogP contribution in [0.25, 0.3) is 0 Å². The van der Waals surface area contributed by atoms with Crippen LogP contribution in [0, 0.1) is 23.0 Å². The molecule has 1 saturated heterocycles. The SMILES string of the molecule is Cc1c(N2CCC(C)C2)cc(C(=O)O)cc1[N+](=O)[O-]. The highest BCUT2D eigenvalue weighted by Gasteiger charge is 2.25. The predicted octanol–water partition coefficient (Wildman–Crippen LogP) is 2.45. The van der Waals surface area contributed by atoms with Crippen molar-refractivity contribution in [2.45, 2.75) is 20.3 Å². The number of carboxylic acid groups (broad SMARTS) is 1. The molecule has 0 saturated carbocycles. The lowest BCUT2D eigenvalue weighted by Gasteiger charge is -2.21. The Morgan fingerprint density at radius 3 is 2.68 bits per heavy atom. The van der Waals surface area contributed by atoms with Gasteiger partial charge in [-0.2, -0.15) is 0 Å². The summed E-state index contributed by atoms with van der Waals surface area (Å²) in [5, 5.41) is 20.1. The molecule has 1 aliphatic heterocycles. The average Bonchev–Trinajstić information content (AvgIpc) is 2.75. The highest BCUT2D eigenvalue weighted by molar-refractivity contribution is 5.90. The first-order valence-corrected chi connectivity index (χ1v) is 6.17. The number of carbonyl (C=O) groups is 1. The zero-order valence-electron chi connectivity index (χ0n) is 10.9. The van der Waals surface area contributed by atoms with Crippen molar-refractivity contribution in [2.24, 2.45) is 5.92 Å². The van der Waals surface area contributed by atoms with Crippen molar-refractivity contribution in [3.8, 4) is 0 Å². The topological polar surface area (TPSA) is 83.7 Å². The molecular formula is C13H16N2O4. The van der Waals surface area contributed by atoms with Gasteiger partial charge < -0.3 is 10.0 Å². The van der Waals surface area contributed by atoms with E-state index < -0.39 is 10.9 Å². The van der Waals surface area contributed by atoms with Crippen molar-refractivity contribution in [3.05, 3.63) is 33.4 Å². The van der Waals surface area contributed by atoms with Gasteiger partial charge in [-0.15, -0.1) is 0 Å². The van der Waals surface area contributed by atoms with Crippen LogP contribution in [0.4, 0.5) is 11.4 Å². The summed E-state index contributed by atoms with van der Waals surface area (Å²) in [6, 6.07) is 2.66. The van der Waals surface area contributed by atoms with Gasteiger partial charge in [-0.05, 0) is 25.3 Å². The number of rotatable bonds is 3. The van der Waals surface area contributed by atoms with E-state index in [2.05, 4.69) is 6.92 Å². The molecule has 2 rings (SSSR count). The largest absolute Gasteiger partial charge is 0.478 e. The molecule has 1 heterocycles. The molecule has 0 spiro atoms. The number of hydrogen-bond donors (Lipinski definition) is 1. The number of benzene rings is 1. The number of nitrogens with zero attached hydrogens (tertiary/aromatic N) is 2. The van der Waals surface area contributed by atoms with Gasteiger partial charge in [-0.25, -0.2) is 4.79 Å². The van der Waals surface area contributed by atoms with Crippen molar-refractivity contribution in [2.75, 3.05) is 18.0 Å². The maximum Gasteiger partial charge on any atom is 0.336 e. The summed E-state index contributed by atoms with van der Waals surface area (Å²) in [6.45, 7) is 5.40. The Balaban J connectivity index is 2.52. The van der Waals surface area contributed by atoms with Crippen LogP contribution in [0.5, 0.6) is 0 Å². The molecule has 0 aliphatic carbocycles. The summed E-state index contributed by atoms with van der Waals surface area (Å²) in [7, 11) is 0. The molecule has 1 N–H and O–H groups in total. The molecule has 0 amide bonds. The van der Waals surface area contributed by atoms with Gasteiger partial charge in [-0.3, -0.25) is 10.1 Å². The second kappa shape index (κ2) is 4.87. The Bertz CT molecular complexity index is 542. The van der Waals surface area contributed by atoms with Crippen LogP contribution in [0.3, 0.4) is 0 Å². The van der Waals surface area contributed by atoms with E-state index in [1.54, 1.807) is 6.92 Å². The Kier molecular flexibility index (Phi) is 3.42. The van der Waals surface area contributed by atoms with Crippen LogP contribution >= 0.6 is 0 Å². The van der Waals surface area contributed by atoms with Crippen molar-refractivity contribution in [3.63, 3.8) is 0 Å². The molecule has 0 aromatic heterocycles. The number of nitro benzene ring substituents is 1. The van der Waals surface area contributed by atoms with Crippen LogP contribution < -0.4 is 4.90 Å². The Morgan fingerprint density at radius 1 is 1.53 bits per heavy atom. The van der Waals surface area contributed by atoms with Crippen molar-refractivity contribution >= 4 is 17.3 Å². The van der Waals surface area contributed by atoms with E-state index in [1.165, 1.54) is 6.07 Å². The Morgan fingerprint density at radius 2 is 2.21 bits per heavy atom. The first kappa shape index (κ1) is 13.3. The van der Waals surface area contributed by atoms with E-state index in [9.17, 15) is 14.9 Å². The van der Waals surface area contributed by atoms with Gasteiger partial charge >= 0.3 is 5.97 Å². The van der Waals surface area contributed by atoms with Gasteiger partial charge in [0.1, 0.15) is 0 Å². The second-order valence-electron chi connectivity index (χ2n) is 5.04. The smallest absolute Gasteiger partial charge is 0.336 e. The molecule has 6 heteroatoms. The lowest BCUT2D eigenvalue weighted by molar-refractivity contribution is -0.385. The first-order valence-electron chi connectivity index (χ1n) is 6.17. The molecule has 19 heavy (non-hydrogen) atoms. The normalized spacial score (nSPS) is 18.6. The minimum Gasteiger partial charge on any atom is -0.478 e. The van der Waals surface area contributed by atoms with Gasteiger partial charge in [0, 0.05) is 24.8 Å². The monoisotopic (exact) mass is 264 g/mol. The van der Waals surface area contributed by atoms with Gasteiger partial charge in [0.2, 0.25) is 0 Å². The third-order valence-electron chi connectivity index (χ3n) is 3.56. The summed E-state index contributed by atoms with van der Waals surface area (Å²) >= 11 is 0. The molecule has 1 aliphatic rings. The van der Waals surface area contributed by atoms with E-state index >= 15 is 0 Å². The lowest BCUT2D eigenvalue weighted by atomic mass is 10.1. The molecule has 1 atom stereocenters. The fourth-order valence-electron chi connectivity index (χ4n) is 2.48. The molecule has 1 aromatic rings. The third-order valence-corrected chi connectivity index (χ3v) is 3.56. The summed E-state index contributed by atoms with van der Waals surface area (Å²) < 4.78 is 0. The molecule has 1 unspecified atom stereocenters. The number of carboxylic acids is 1. The summed E-state index contributed by atoms with van der Waals surface area (Å²) in [6.07, 6.45) is 1.02. The quantitative estimate of drug-likeness (QED) is 0.669. The molecule has 6 nitrogen and oxygen atoms in total. The van der Waals surface area contributed by atoms with Crippen molar-refractivity contribution < 1.29 is 14.8 Å². The number of anilines is 1. The fraction of sp³-hybridized carbons (Fsp3) is 0.462. The number of nitro groups is 1. The summed E-state index contributed by atoms with van der Waals surface area (Å²) in [5.74, 6) is -0.622. The van der Waals surface area contributed by atoms with Gasteiger partial charge in [0.05, 0.1) is 16.1 Å². The van der Waals surface area contributed by atoms with E-state index in [0.717, 1.165) is 25.6 Å². The Hall–Kier alpha value is -2.11. The predicted molar refractivity (Wildman–Crippen MR) is 70.8 cm³/mol. The number of hydrogen-bond acceptors (Lipinski definition) is 4. The standard InChI is InChI=1S/C13H16N2O4/c1-8-3-4-14(7-8)11-5-10(13(16)17)6-12(9(11)2)15(18)19/h5-6,8H,3-4,7H2,1-2H3,(H,16,17). The number of aromatic carboxylic acids is 1. The lowest BCUT2D eigenvalue weighted by Crippen LogP contribution is -2.21. The molecular weight excluding hydrogens is 248 g/mol. The molecule has 0 radical (unpaired) electrons. The molecule has 1 fully saturated rings. The molecule has 102 valence electrons. The minimum absolute atomic E-state index is 0.0353. The zero-order chi connectivity index (χ0) is 14.2. The highest BCUT2D eigenvalue weighted by atomic mass is 16.6. The van der Waals surface area contributed by atoms with Crippen molar-refractivity contribution in [1.82, 2.24) is 0 Å². The van der Waals surface area contributed by atoms with Crippen molar-refractivity contribution in [1.29, 1.82) is 0 Å². The van der Waals surface area contributed by atoms with Gasteiger partial charge in [-0.1, -0.05) is 6.92 Å². The van der Waals surface area contributed by atoms with Crippen LogP contribution in [-0.4, -0.2) is 29.1 Å². The van der Waals surface area contributed by atoms with E-state index in [1.807, 2.05) is 4.90 Å². The summed E-state index contributed by atoms with van der Waals surface area (Å²) in [4.78, 5) is 23.6. The van der Waals surface area contributed by atoms with Crippen LogP contribution in [0.1, 0.15) is 29.3 Å². The summed E-state index contributed by atoms with van der Waals surface area (Å²) in [5.41, 5.74) is 1.03. The zero-order valence-corrected chi connectivity index (χ0v) is 10.9. The molecule has 0 bridgehead atoms. The third kappa shape index (κ3) is 2.52.